The molecular weight excluding hydrogens is 664 g/mol. The molecule has 3 aliphatic rings. The van der Waals surface area contributed by atoms with Crippen molar-refractivity contribution in [3.8, 4) is 40.6 Å². The van der Waals surface area contributed by atoms with Gasteiger partial charge in [-0.15, -0.1) is 6.42 Å². The van der Waals surface area contributed by atoms with Gasteiger partial charge >= 0.3 is 5.79 Å². The normalized spacial score (nSPS) is 18.0. The molecule has 52 heavy (non-hydrogen) atoms. The largest absolute Gasteiger partial charge is 0.590 e. The van der Waals surface area contributed by atoms with E-state index in [0.717, 1.165) is 33.6 Å². The molecular formula is C43H27F4N4O+3. The predicted molar refractivity (Wildman–Crippen MR) is 188 cm³/mol. The smallest absolute Gasteiger partial charge is 0.475 e. The van der Waals surface area contributed by atoms with Gasteiger partial charge in [-0.25, -0.2) is 8.78 Å². The lowest BCUT2D eigenvalue weighted by molar-refractivity contribution is -1.10. The number of aromatic nitrogens is 3. The number of rotatable bonds is 3. The van der Waals surface area contributed by atoms with Crippen molar-refractivity contribution in [2.75, 3.05) is 6.61 Å². The van der Waals surface area contributed by atoms with Gasteiger partial charge in [0.2, 0.25) is 28.7 Å². The molecule has 0 aliphatic carbocycles. The second-order valence-electron chi connectivity index (χ2n) is 12.4. The van der Waals surface area contributed by atoms with Gasteiger partial charge in [-0.2, -0.15) is 8.78 Å². The molecule has 1 atom stereocenters. The molecule has 3 aromatic carbocycles. The number of halogens is 4. The Hall–Kier alpha value is -6.79. The van der Waals surface area contributed by atoms with Gasteiger partial charge in [-0.3, -0.25) is 0 Å². The van der Waals surface area contributed by atoms with E-state index < -0.39 is 47.0 Å². The number of pyridine rings is 2. The maximum absolute atomic E-state index is 16.6. The highest BCUT2D eigenvalue weighted by atomic mass is 19.2. The topological polar surface area (TPSA) is 24.9 Å². The van der Waals surface area contributed by atoms with Crippen LogP contribution in [0.3, 0.4) is 0 Å². The number of fused-ring (bicyclic) bond motifs is 12. The van der Waals surface area contributed by atoms with E-state index in [1.807, 2.05) is 108 Å². The van der Waals surface area contributed by atoms with Gasteiger partial charge in [-0.05, 0) is 42.5 Å². The molecule has 250 valence electrons. The van der Waals surface area contributed by atoms with Gasteiger partial charge in [-0.1, -0.05) is 56.5 Å². The van der Waals surface area contributed by atoms with Gasteiger partial charge < -0.3 is 9.30 Å². The van der Waals surface area contributed by atoms with E-state index in [1.165, 1.54) is 0 Å². The van der Waals surface area contributed by atoms with Gasteiger partial charge in [0, 0.05) is 53.9 Å². The molecule has 9 heteroatoms. The summed E-state index contributed by atoms with van der Waals surface area (Å²) < 4.78 is 77.9. The maximum atomic E-state index is 16.6. The molecule has 0 amide bonds. The number of ether oxygens (including phenoxy) is 1. The van der Waals surface area contributed by atoms with E-state index in [1.54, 1.807) is 35.0 Å². The molecule has 5 nitrogen and oxygen atoms in total. The average Bonchev–Trinajstić information content (AvgIpc) is 3.93. The lowest BCUT2D eigenvalue weighted by Crippen LogP contribution is -2.77. The Bertz CT molecular complexity index is 2600. The van der Waals surface area contributed by atoms with Crippen LogP contribution in [0.4, 0.5) is 17.6 Å². The van der Waals surface area contributed by atoms with Gasteiger partial charge in [0.05, 0.1) is 28.0 Å². The summed E-state index contributed by atoms with van der Waals surface area (Å²) in [6.07, 6.45) is 16.1. The third kappa shape index (κ3) is 4.09. The third-order valence-electron chi connectivity index (χ3n) is 9.88. The molecule has 0 saturated carbocycles. The number of hydrogen-bond acceptors (Lipinski definition) is 1. The van der Waals surface area contributed by atoms with Crippen molar-refractivity contribution in [1.82, 2.24) is 4.57 Å². The lowest BCUT2D eigenvalue weighted by atomic mass is 9.96. The highest BCUT2D eigenvalue weighted by Gasteiger charge is 2.71. The first-order valence-corrected chi connectivity index (χ1v) is 16.5. The minimum atomic E-state index is -1.70. The Morgan fingerprint density at radius 3 is 2.04 bits per heavy atom. The van der Waals surface area contributed by atoms with Gasteiger partial charge in [0.25, 0.3) is 0 Å². The average molecular weight is 692 g/mol. The standard InChI is InChI=1S/C43H27F4N4O/c1-3-26-52-42-40(46)38(44)37(39(45)41(42)47)36-34-20-12-22-48(34)27(2)28-14-4-5-15-29(28)32-18-8-10-23-49(32)43(51-25-13-21-35(36)51)31-17-7-6-16-30(31)33-19-9-11-24-50(33)43/h1,4-25H,2,26H2/q+3. The number of allylic oxidation sites excluding steroid dienone is 2. The summed E-state index contributed by atoms with van der Waals surface area (Å²) in [5, 5.41) is 0. The fraction of sp³-hybridized carbons (Fsp3) is 0.0465. The van der Waals surface area contributed by atoms with E-state index in [-0.39, 0.29) is 17.0 Å². The molecule has 3 aromatic heterocycles. The fourth-order valence-electron chi connectivity index (χ4n) is 7.83. The van der Waals surface area contributed by atoms with Crippen molar-refractivity contribution in [3.05, 3.63) is 186 Å². The number of terminal acetylenes is 1. The SMILES string of the molecule is C#CCOc1c(F)c(F)c(/C2=C3\C=CC=[N+]3C3(c4ccccc4-c4cccc[n+]43)[n+]3ccccc3-c3ccccc3C(=C)n3cccc32)c(F)c1F. The Balaban J connectivity index is 1.51. The lowest BCUT2D eigenvalue weighted by Gasteiger charge is -2.21. The van der Waals surface area contributed by atoms with Gasteiger partial charge in [0.1, 0.15) is 6.61 Å². The Morgan fingerprint density at radius 2 is 1.35 bits per heavy atom. The van der Waals surface area contributed by atoms with E-state index in [0.29, 0.717) is 5.70 Å². The van der Waals surface area contributed by atoms with Crippen molar-refractivity contribution < 1.29 is 36.0 Å². The van der Waals surface area contributed by atoms with Crippen molar-refractivity contribution in [3.63, 3.8) is 0 Å². The second-order valence-corrected chi connectivity index (χ2v) is 12.4. The molecule has 6 heterocycles. The van der Waals surface area contributed by atoms with Crippen LogP contribution in [0.2, 0.25) is 0 Å². The summed E-state index contributed by atoms with van der Waals surface area (Å²) in [5.41, 5.74) is 4.93. The number of nitrogens with zero attached hydrogens (tertiary/aromatic N) is 4. The summed E-state index contributed by atoms with van der Waals surface area (Å²) in [6, 6.07) is 30.8. The third-order valence-corrected chi connectivity index (χ3v) is 9.88. The zero-order chi connectivity index (χ0) is 35.7. The molecule has 0 radical (unpaired) electrons. The molecule has 3 aliphatic heterocycles. The van der Waals surface area contributed by atoms with Crippen LogP contribution in [0.25, 0.3) is 33.8 Å². The number of hydrogen-bond donors (Lipinski definition) is 0. The van der Waals surface area contributed by atoms with E-state index in [9.17, 15) is 0 Å². The minimum absolute atomic E-state index is 0.119. The summed E-state index contributed by atoms with van der Waals surface area (Å²) in [7, 11) is 0. The van der Waals surface area contributed by atoms with Crippen LogP contribution in [0, 0.1) is 35.6 Å². The van der Waals surface area contributed by atoms with Crippen LogP contribution >= 0.6 is 0 Å². The van der Waals surface area contributed by atoms with Crippen LogP contribution in [-0.4, -0.2) is 22.0 Å². The summed E-state index contributed by atoms with van der Waals surface area (Å²) >= 11 is 0. The van der Waals surface area contributed by atoms with Crippen LogP contribution < -0.4 is 13.9 Å². The van der Waals surface area contributed by atoms with Crippen LogP contribution in [0.15, 0.2) is 140 Å². The first kappa shape index (κ1) is 31.2. The first-order valence-electron chi connectivity index (χ1n) is 16.5. The van der Waals surface area contributed by atoms with E-state index in [2.05, 4.69) is 21.6 Å². The zero-order valence-electron chi connectivity index (χ0n) is 27.4. The van der Waals surface area contributed by atoms with Crippen LogP contribution in [0.1, 0.15) is 22.4 Å². The molecule has 0 saturated heterocycles. The fourth-order valence-corrected chi connectivity index (χ4v) is 7.83. The van der Waals surface area contributed by atoms with Crippen molar-refractivity contribution in [2.24, 2.45) is 0 Å². The predicted octanol–water partition coefficient (Wildman–Crippen LogP) is 7.43. The molecule has 9 rings (SSSR count). The molecule has 1 spiro atoms. The second kappa shape index (κ2) is 11.6. The summed E-state index contributed by atoms with van der Waals surface area (Å²) in [5.74, 6) is -7.13. The van der Waals surface area contributed by atoms with Crippen molar-refractivity contribution >= 4 is 17.5 Å². The Labute approximate surface area is 296 Å². The summed E-state index contributed by atoms with van der Waals surface area (Å²) in [4.78, 5) is 0. The zero-order valence-corrected chi connectivity index (χ0v) is 27.4. The quantitative estimate of drug-likeness (QED) is 0.0821. The van der Waals surface area contributed by atoms with Crippen LogP contribution in [0.5, 0.6) is 5.75 Å². The highest BCUT2D eigenvalue weighted by molar-refractivity contribution is 5.88. The molecule has 0 N–H and O–H groups in total. The van der Waals surface area contributed by atoms with Crippen molar-refractivity contribution in [1.29, 1.82) is 0 Å². The van der Waals surface area contributed by atoms with Gasteiger partial charge in [0.15, 0.2) is 41.6 Å². The number of benzene rings is 3. The monoisotopic (exact) mass is 691 g/mol. The van der Waals surface area contributed by atoms with E-state index in [4.69, 9.17) is 11.2 Å². The minimum Gasteiger partial charge on any atom is -0.475 e. The molecule has 6 aromatic rings. The van der Waals surface area contributed by atoms with Crippen molar-refractivity contribution in [2.45, 2.75) is 5.79 Å². The Kier molecular flexibility index (Phi) is 6.99. The molecule has 0 bridgehead atoms. The molecule has 0 fully saturated rings. The molecule has 1 unspecified atom stereocenters. The highest BCUT2D eigenvalue weighted by Crippen LogP contribution is 2.45. The Morgan fingerprint density at radius 1 is 0.731 bits per heavy atom. The first-order chi connectivity index (χ1) is 25.4. The summed E-state index contributed by atoms with van der Waals surface area (Å²) in [6.45, 7) is 3.87. The van der Waals surface area contributed by atoms with Crippen LogP contribution in [-0.2, 0) is 5.79 Å². The maximum Gasteiger partial charge on any atom is 0.590 e. The van der Waals surface area contributed by atoms with E-state index >= 15 is 17.6 Å².